The molecule has 0 rings (SSSR count). The molecule has 0 aliphatic rings. The zero-order valence-electron chi connectivity index (χ0n) is 8.50. The van der Waals surface area contributed by atoms with E-state index in [1.807, 2.05) is 26.8 Å². The van der Waals surface area contributed by atoms with Crippen molar-refractivity contribution < 1.29 is 4.79 Å². The largest absolute Gasteiger partial charge is 0.335 e. The predicted molar refractivity (Wildman–Crippen MR) is 51.1 cm³/mol. The van der Waals surface area contributed by atoms with Crippen LogP contribution in [0.15, 0.2) is 0 Å². The summed E-state index contributed by atoms with van der Waals surface area (Å²) < 4.78 is 0. The van der Waals surface area contributed by atoms with E-state index in [4.69, 9.17) is 5.26 Å². The van der Waals surface area contributed by atoms with Crippen LogP contribution in [-0.2, 0) is 0 Å². The molecule has 0 bridgehead atoms. The van der Waals surface area contributed by atoms with E-state index >= 15 is 0 Å². The maximum atomic E-state index is 11.4. The van der Waals surface area contributed by atoms with Gasteiger partial charge in [0.1, 0.15) is 0 Å². The lowest BCUT2D eigenvalue weighted by atomic mass is 10.2. The number of amides is 2. The second-order valence-electron chi connectivity index (χ2n) is 2.89. The standard InChI is InChI=1S/C9H17N3O/c1-4-12(5-2)9(13)11-8(3)6-7-10/h8H,4-6H2,1-3H3,(H,11,13). The number of carbonyl (C=O) groups excluding carboxylic acids is 1. The predicted octanol–water partition coefficient (Wildman–Crippen LogP) is 1.34. The molecule has 0 fully saturated rings. The molecular formula is C9H17N3O. The van der Waals surface area contributed by atoms with Crippen molar-refractivity contribution in [2.45, 2.75) is 33.2 Å². The highest BCUT2D eigenvalue weighted by molar-refractivity contribution is 5.74. The van der Waals surface area contributed by atoms with Gasteiger partial charge in [0.15, 0.2) is 0 Å². The maximum absolute atomic E-state index is 11.4. The number of hydrogen-bond donors (Lipinski definition) is 1. The Kier molecular flexibility index (Phi) is 5.69. The van der Waals surface area contributed by atoms with Crippen LogP contribution in [0.2, 0.25) is 0 Å². The van der Waals surface area contributed by atoms with Gasteiger partial charge in [0, 0.05) is 19.1 Å². The lowest BCUT2D eigenvalue weighted by Gasteiger charge is -2.21. The molecule has 0 aliphatic heterocycles. The third kappa shape index (κ3) is 4.36. The van der Waals surface area contributed by atoms with Gasteiger partial charge in [0.05, 0.1) is 12.5 Å². The van der Waals surface area contributed by atoms with E-state index in [-0.39, 0.29) is 12.1 Å². The van der Waals surface area contributed by atoms with Gasteiger partial charge in [-0.2, -0.15) is 5.26 Å². The van der Waals surface area contributed by atoms with Crippen LogP contribution in [-0.4, -0.2) is 30.1 Å². The fourth-order valence-electron chi connectivity index (χ4n) is 1.00. The minimum Gasteiger partial charge on any atom is -0.335 e. The number of rotatable bonds is 4. The van der Waals surface area contributed by atoms with E-state index in [9.17, 15) is 4.79 Å². The van der Waals surface area contributed by atoms with Gasteiger partial charge in [-0.3, -0.25) is 0 Å². The van der Waals surface area contributed by atoms with Crippen LogP contribution < -0.4 is 5.32 Å². The smallest absolute Gasteiger partial charge is 0.317 e. The first-order valence-corrected chi connectivity index (χ1v) is 4.58. The molecule has 2 amide bonds. The van der Waals surface area contributed by atoms with Gasteiger partial charge in [-0.05, 0) is 20.8 Å². The molecule has 0 aromatic carbocycles. The highest BCUT2D eigenvalue weighted by atomic mass is 16.2. The summed E-state index contributed by atoms with van der Waals surface area (Å²) in [6, 6.07) is 1.85. The van der Waals surface area contributed by atoms with E-state index in [0.29, 0.717) is 19.5 Å². The van der Waals surface area contributed by atoms with Gasteiger partial charge in [-0.25, -0.2) is 4.79 Å². The summed E-state index contributed by atoms with van der Waals surface area (Å²) in [6.07, 6.45) is 0.354. The van der Waals surface area contributed by atoms with Crippen molar-refractivity contribution >= 4 is 6.03 Å². The first-order valence-electron chi connectivity index (χ1n) is 4.58. The van der Waals surface area contributed by atoms with Crippen molar-refractivity contribution in [1.82, 2.24) is 10.2 Å². The van der Waals surface area contributed by atoms with Crippen LogP contribution in [0.4, 0.5) is 4.79 Å². The molecule has 74 valence electrons. The molecule has 1 unspecified atom stereocenters. The normalized spacial score (nSPS) is 11.5. The van der Waals surface area contributed by atoms with Gasteiger partial charge in [-0.1, -0.05) is 0 Å². The Morgan fingerprint density at radius 3 is 2.46 bits per heavy atom. The molecular weight excluding hydrogens is 166 g/mol. The van der Waals surface area contributed by atoms with Gasteiger partial charge >= 0.3 is 6.03 Å². The molecule has 0 spiro atoms. The Labute approximate surface area is 79.5 Å². The van der Waals surface area contributed by atoms with Crippen molar-refractivity contribution in [2.24, 2.45) is 0 Å². The summed E-state index contributed by atoms with van der Waals surface area (Å²) in [5, 5.41) is 11.1. The van der Waals surface area contributed by atoms with Crippen LogP contribution in [0.25, 0.3) is 0 Å². The van der Waals surface area contributed by atoms with Crippen LogP contribution >= 0.6 is 0 Å². The lowest BCUT2D eigenvalue weighted by Crippen LogP contribution is -2.43. The first kappa shape index (κ1) is 11.8. The summed E-state index contributed by atoms with van der Waals surface area (Å²) in [4.78, 5) is 13.1. The molecule has 0 saturated carbocycles. The molecule has 0 aromatic rings. The van der Waals surface area contributed by atoms with Crippen molar-refractivity contribution in [1.29, 1.82) is 5.26 Å². The van der Waals surface area contributed by atoms with Crippen LogP contribution in [0, 0.1) is 11.3 Å². The highest BCUT2D eigenvalue weighted by Gasteiger charge is 2.11. The number of urea groups is 1. The number of hydrogen-bond acceptors (Lipinski definition) is 2. The third-order valence-electron chi connectivity index (χ3n) is 1.82. The molecule has 13 heavy (non-hydrogen) atoms. The van der Waals surface area contributed by atoms with Gasteiger partial charge in [0.2, 0.25) is 0 Å². The van der Waals surface area contributed by atoms with Gasteiger partial charge < -0.3 is 10.2 Å². The SMILES string of the molecule is CCN(CC)C(=O)NC(C)CC#N. The van der Waals surface area contributed by atoms with Crippen molar-refractivity contribution in [3.05, 3.63) is 0 Å². The van der Waals surface area contributed by atoms with E-state index in [0.717, 1.165) is 0 Å². The topological polar surface area (TPSA) is 56.1 Å². The zero-order valence-corrected chi connectivity index (χ0v) is 8.50. The highest BCUT2D eigenvalue weighted by Crippen LogP contribution is 1.93. The lowest BCUT2D eigenvalue weighted by molar-refractivity contribution is 0.200. The Bertz CT molecular complexity index is 194. The Balaban J connectivity index is 3.91. The molecule has 0 aliphatic carbocycles. The number of nitrogens with zero attached hydrogens (tertiary/aromatic N) is 2. The summed E-state index contributed by atoms with van der Waals surface area (Å²) in [7, 11) is 0. The van der Waals surface area contributed by atoms with E-state index in [1.165, 1.54) is 0 Å². The molecule has 0 heterocycles. The average Bonchev–Trinajstić information content (AvgIpc) is 2.06. The Hall–Kier alpha value is -1.24. The average molecular weight is 183 g/mol. The Morgan fingerprint density at radius 1 is 1.54 bits per heavy atom. The molecule has 1 N–H and O–H groups in total. The van der Waals surface area contributed by atoms with Crippen molar-refractivity contribution in [3.63, 3.8) is 0 Å². The molecule has 1 atom stereocenters. The first-order chi connectivity index (χ1) is 6.15. The molecule has 4 nitrogen and oxygen atoms in total. The second kappa shape index (κ2) is 6.30. The molecule has 4 heteroatoms. The third-order valence-corrected chi connectivity index (χ3v) is 1.82. The Morgan fingerprint density at radius 2 is 2.08 bits per heavy atom. The van der Waals surface area contributed by atoms with Crippen LogP contribution in [0.3, 0.4) is 0 Å². The maximum Gasteiger partial charge on any atom is 0.317 e. The minimum absolute atomic E-state index is 0.0712. The number of nitrogens with one attached hydrogen (secondary N) is 1. The van der Waals surface area contributed by atoms with Crippen molar-refractivity contribution in [2.75, 3.05) is 13.1 Å². The van der Waals surface area contributed by atoms with Crippen molar-refractivity contribution in [3.8, 4) is 6.07 Å². The fourth-order valence-corrected chi connectivity index (χ4v) is 1.00. The van der Waals surface area contributed by atoms with Gasteiger partial charge in [0.25, 0.3) is 0 Å². The summed E-state index contributed by atoms with van der Waals surface area (Å²) in [5.41, 5.74) is 0. The van der Waals surface area contributed by atoms with Crippen LogP contribution in [0.1, 0.15) is 27.2 Å². The molecule has 0 aromatic heterocycles. The van der Waals surface area contributed by atoms with Gasteiger partial charge in [-0.15, -0.1) is 0 Å². The summed E-state index contributed by atoms with van der Waals surface area (Å²) in [6.45, 7) is 7.07. The second-order valence-corrected chi connectivity index (χ2v) is 2.89. The molecule has 0 radical (unpaired) electrons. The number of nitriles is 1. The van der Waals surface area contributed by atoms with Crippen LogP contribution in [0.5, 0.6) is 0 Å². The van der Waals surface area contributed by atoms with E-state index < -0.39 is 0 Å². The fraction of sp³-hybridized carbons (Fsp3) is 0.778. The molecule has 0 saturated heterocycles. The minimum atomic E-state index is -0.0900. The number of carbonyl (C=O) groups is 1. The summed E-state index contributed by atoms with van der Waals surface area (Å²) in [5.74, 6) is 0. The monoisotopic (exact) mass is 183 g/mol. The van der Waals surface area contributed by atoms with E-state index in [2.05, 4.69) is 5.32 Å². The quantitative estimate of drug-likeness (QED) is 0.715. The van der Waals surface area contributed by atoms with E-state index in [1.54, 1.807) is 4.90 Å². The summed E-state index contributed by atoms with van der Waals surface area (Å²) >= 11 is 0. The zero-order chi connectivity index (χ0) is 10.3.